The van der Waals surface area contributed by atoms with Gasteiger partial charge in [-0.2, -0.15) is 0 Å². The van der Waals surface area contributed by atoms with Gasteiger partial charge in [-0.1, -0.05) is 23.7 Å². The lowest BCUT2D eigenvalue weighted by atomic mass is 10.2. The molecule has 3 rings (SSSR count). The molecule has 0 radical (unpaired) electrons. The predicted octanol–water partition coefficient (Wildman–Crippen LogP) is 4.39. The van der Waals surface area contributed by atoms with Gasteiger partial charge in [0.05, 0.1) is 7.11 Å². The number of ether oxygens (including phenoxy) is 1. The van der Waals surface area contributed by atoms with Crippen LogP contribution in [0.3, 0.4) is 0 Å². The number of halogens is 1. The van der Waals surface area contributed by atoms with Crippen LogP contribution < -0.4 is 20.7 Å². The van der Waals surface area contributed by atoms with Gasteiger partial charge in [0.15, 0.2) is 11.0 Å². The highest BCUT2D eigenvalue weighted by atomic mass is 35.5. The van der Waals surface area contributed by atoms with Gasteiger partial charge in [0.1, 0.15) is 5.75 Å². The molecule has 0 atom stereocenters. The van der Waals surface area contributed by atoms with Crippen LogP contribution in [-0.2, 0) is 6.54 Å². The van der Waals surface area contributed by atoms with Crippen molar-refractivity contribution in [3.63, 3.8) is 0 Å². The summed E-state index contributed by atoms with van der Waals surface area (Å²) >= 11 is 5.98. The number of nitrogens with one attached hydrogen (secondary N) is 3. The summed E-state index contributed by atoms with van der Waals surface area (Å²) in [5, 5.41) is 9.00. The van der Waals surface area contributed by atoms with Crippen molar-refractivity contribution >= 4 is 34.8 Å². The van der Waals surface area contributed by atoms with E-state index in [0.29, 0.717) is 28.9 Å². The molecule has 2 amide bonds. The molecular formula is C19H18ClN5O2. The van der Waals surface area contributed by atoms with Crippen LogP contribution in [0.2, 0.25) is 5.15 Å². The fraction of sp³-hybridized carbons (Fsp3) is 0.105. The molecule has 0 spiro atoms. The smallest absolute Gasteiger partial charge is 0.323 e. The van der Waals surface area contributed by atoms with Crippen molar-refractivity contribution in [2.24, 2.45) is 0 Å². The summed E-state index contributed by atoms with van der Waals surface area (Å²) in [4.78, 5) is 20.3. The number of benzene rings is 2. The molecule has 27 heavy (non-hydrogen) atoms. The highest BCUT2D eigenvalue weighted by molar-refractivity contribution is 6.31. The van der Waals surface area contributed by atoms with Gasteiger partial charge in [-0.25, -0.2) is 14.8 Å². The molecule has 0 aliphatic rings. The summed E-state index contributed by atoms with van der Waals surface area (Å²) in [7, 11) is 1.59. The van der Waals surface area contributed by atoms with E-state index in [2.05, 4.69) is 25.9 Å². The van der Waals surface area contributed by atoms with Crippen LogP contribution in [0.5, 0.6) is 5.75 Å². The molecule has 0 bridgehead atoms. The Morgan fingerprint density at radius 1 is 1.04 bits per heavy atom. The zero-order valence-electron chi connectivity index (χ0n) is 14.6. The summed E-state index contributed by atoms with van der Waals surface area (Å²) < 4.78 is 5.09. The summed E-state index contributed by atoms with van der Waals surface area (Å²) in [6, 6.07) is 14.2. The first-order valence-electron chi connectivity index (χ1n) is 8.15. The van der Waals surface area contributed by atoms with E-state index in [1.807, 2.05) is 24.3 Å². The first-order valence-corrected chi connectivity index (χ1v) is 8.53. The van der Waals surface area contributed by atoms with Crippen molar-refractivity contribution in [3.8, 4) is 5.75 Å². The average Bonchev–Trinajstić information content (AvgIpc) is 2.68. The fourth-order valence-electron chi connectivity index (χ4n) is 2.35. The van der Waals surface area contributed by atoms with E-state index in [4.69, 9.17) is 16.3 Å². The van der Waals surface area contributed by atoms with E-state index < -0.39 is 0 Å². The molecule has 2 aromatic carbocycles. The third-order valence-electron chi connectivity index (χ3n) is 3.65. The fourth-order valence-corrected chi connectivity index (χ4v) is 2.52. The summed E-state index contributed by atoms with van der Waals surface area (Å²) in [6.45, 7) is 0.494. The number of hydrogen-bond acceptors (Lipinski definition) is 5. The Bertz CT molecular complexity index is 918. The summed E-state index contributed by atoms with van der Waals surface area (Å²) in [6.07, 6.45) is 3.09. The third-order valence-corrected chi connectivity index (χ3v) is 3.92. The lowest BCUT2D eigenvalue weighted by Crippen LogP contribution is -2.19. The minimum Gasteiger partial charge on any atom is -0.497 e. The second-order valence-electron chi connectivity index (χ2n) is 5.56. The zero-order valence-corrected chi connectivity index (χ0v) is 15.3. The lowest BCUT2D eigenvalue weighted by molar-refractivity contribution is 0.262. The van der Waals surface area contributed by atoms with Crippen molar-refractivity contribution in [1.29, 1.82) is 0 Å². The Morgan fingerprint density at radius 2 is 1.78 bits per heavy atom. The maximum absolute atomic E-state index is 12.2. The molecule has 7 nitrogen and oxygen atoms in total. The molecule has 0 aliphatic carbocycles. The van der Waals surface area contributed by atoms with Crippen LogP contribution in [0.15, 0.2) is 60.9 Å². The van der Waals surface area contributed by atoms with Crippen LogP contribution in [0.25, 0.3) is 0 Å². The second kappa shape index (κ2) is 8.86. The number of urea groups is 1. The molecule has 3 N–H and O–H groups in total. The van der Waals surface area contributed by atoms with Crippen LogP contribution in [0.4, 0.5) is 22.0 Å². The van der Waals surface area contributed by atoms with Gasteiger partial charge in [-0.05, 0) is 42.0 Å². The number of carbonyl (C=O) groups is 1. The maximum atomic E-state index is 12.2. The van der Waals surface area contributed by atoms with E-state index in [1.54, 1.807) is 37.6 Å². The van der Waals surface area contributed by atoms with Crippen LogP contribution in [0, 0.1) is 0 Å². The Morgan fingerprint density at radius 3 is 2.52 bits per heavy atom. The van der Waals surface area contributed by atoms with Gasteiger partial charge in [0.2, 0.25) is 0 Å². The normalized spacial score (nSPS) is 10.1. The van der Waals surface area contributed by atoms with Gasteiger partial charge in [-0.15, -0.1) is 0 Å². The monoisotopic (exact) mass is 383 g/mol. The Kier molecular flexibility index (Phi) is 6.06. The topological polar surface area (TPSA) is 88.2 Å². The first kappa shape index (κ1) is 18.5. The van der Waals surface area contributed by atoms with E-state index in [1.165, 1.54) is 6.20 Å². The lowest BCUT2D eigenvalue weighted by Gasteiger charge is -2.10. The average molecular weight is 384 g/mol. The largest absolute Gasteiger partial charge is 0.497 e. The number of hydrogen-bond donors (Lipinski definition) is 3. The van der Waals surface area contributed by atoms with Crippen molar-refractivity contribution < 1.29 is 9.53 Å². The standard InChI is InChI=1S/C19H18ClN5O2/c1-27-16-7-5-14(6-8-16)24-19(26)25-15-4-2-3-13(11-15)12-23-18-17(20)21-9-10-22-18/h2-11H,12H2,1H3,(H,22,23)(H2,24,25,26). The molecular weight excluding hydrogens is 366 g/mol. The molecule has 1 heterocycles. The Balaban J connectivity index is 1.58. The van der Waals surface area contributed by atoms with Crippen molar-refractivity contribution in [3.05, 3.63) is 71.6 Å². The highest BCUT2D eigenvalue weighted by Gasteiger charge is 2.05. The van der Waals surface area contributed by atoms with Gasteiger partial charge in [0.25, 0.3) is 0 Å². The molecule has 0 saturated heterocycles. The first-order chi connectivity index (χ1) is 13.1. The third kappa shape index (κ3) is 5.32. The van der Waals surface area contributed by atoms with Crippen molar-refractivity contribution in [2.75, 3.05) is 23.1 Å². The van der Waals surface area contributed by atoms with Gasteiger partial charge >= 0.3 is 6.03 Å². The molecule has 1 aromatic heterocycles. The quantitative estimate of drug-likeness (QED) is 0.587. The number of carbonyl (C=O) groups excluding carboxylic acids is 1. The van der Waals surface area contributed by atoms with E-state index in [9.17, 15) is 4.79 Å². The molecule has 0 saturated carbocycles. The summed E-state index contributed by atoms with van der Waals surface area (Å²) in [5.41, 5.74) is 2.30. The molecule has 0 fully saturated rings. The van der Waals surface area contributed by atoms with Crippen LogP contribution >= 0.6 is 11.6 Å². The van der Waals surface area contributed by atoms with E-state index in [-0.39, 0.29) is 6.03 Å². The van der Waals surface area contributed by atoms with E-state index in [0.717, 1.165) is 11.3 Å². The molecule has 138 valence electrons. The zero-order chi connectivity index (χ0) is 19.1. The molecule has 0 aliphatic heterocycles. The summed E-state index contributed by atoms with van der Waals surface area (Å²) in [5.74, 6) is 1.24. The van der Waals surface area contributed by atoms with Gasteiger partial charge in [0, 0.05) is 30.3 Å². The van der Waals surface area contributed by atoms with Crippen LogP contribution in [-0.4, -0.2) is 23.1 Å². The minimum absolute atomic E-state index is 0.311. The number of anilines is 3. The van der Waals surface area contributed by atoms with E-state index >= 15 is 0 Å². The number of methoxy groups -OCH3 is 1. The molecule has 8 heteroatoms. The Labute approximate surface area is 161 Å². The maximum Gasteiger partial charge on any atom is 0.323 e. The second-order valence-corrected chi connectivity index (χ2v) is 5.92. The highest BCUT2D eigenvalue weighted by Crippen LogP contribution is 2.18. The number of aromatic nitrogens is 2. The number of amides is 2. The SMILES string of the molecule is COc1ccc(NC(=O)Nc2cccc(CNc3nccnc3Cl)c2)cc1. The number of nitrogens with zero attached hydrogens (tertiary/aromatic N) is 2. The van der Waals surface area contributed by atoms with Gasteiger partial charge < -0.3 is 20.7 Å². The van der Waals surface area contributed by atoms with Crippen molar-refractivity contribution in [2.45, 2.75) is 6.54 Å². The van der Waals surface area contributed by atoms with Crippen LogP contribution in [0.1, 0.15) is 5.56 Å². The molecule has 0 unspecified atom stereocenters. The number of rotatable bonds is 6. The predicted molar refractivity (Wildman–Crippen MR) is 106 cm³/mol. The Hall–Kier alpha value is -3.32. The van der Waals surface area contributed by atoms with Crippen molar-refractivity contribution in [1.82, 2.24) is 9.97 Å². The molecule has 3 aromatic rings. The minimum atomic E-state index is -0.331. The van der Waals surface area contributed by atoms with Gasteiger partial charge in [-0.3, -0.25) is 0 Å².